The molecule has 1 fully saturated rings. The van der Waals surface area contributed by atoms with Crippen LogP contribution in [0.25, 0.3) is 0 Å². The third-order valence-electron chi connectivity index (χ3n) is 4.99. The number of hydrogen-bond donors (Lipinski definition) is 1. The Morgan fingerprint density at radius 1 is 1.15 bits per heavy atom. The molecule has 0 spiro atoms. The number of halogens is 4. The number of carbonyl (C=O) groups is 1. The predicted octanol–water partition coefficient (Wildman–Crippen LogP) is 3.87. The fourth-order valence-corrected chi connectivity index (χ4v) is 3.35. The number of rotatable bonds is 8. The van der Waals surface area contributed by atoms with Gasteiger partial charge in [0.25, 0.3) is 0 Å². The average molecular weight is 487 g/mol. The molecule has 11 heteroatoms. The van der Waals surface area contributed by atoms with E-state index in [1.165, 1.54) is 18.3 Å². The molecule has 1 aromatic carbocycles. The molecule has 2 heterocycles. The molecule has 1 aliphatic heterocycles. The quantitative estimate of drug-likeness (QED) is 0.264. The largest absolute Gasteiger partial charge is 0.454 e. The van der Waals surface area contributed by atoms with Crippen LogP contribution in [0.4, 0.5) is 13.2 Å². The number of alkyl halides is 3. The zero-order valence-corrected chi connectivity index (χ0v) is 18.6. The lowest BCUT2D eigenvalue weighted by Gasteiger charge is -2.29. The van der Waals surface area contributed by atoms with E-state index in [4.69, 9.17) is 15.3 Å². The number of aromatic nitrogens is 1. The molecule has 1 atom stereocenters. The molecule has 1 aromatic heterocycles. The normalized spacial score (nSPS) is 15.9. The van der Waals surface area contributed by atoms with Crippen molar-refractivity contribution >= 4 is 24.2 Å². The number of esters is 1. The molecule has 2 N–H and O–H groups in total. The van der Waals surface area contributed by atoms with E-state index < -0.39 is 23.8 Å². The van der Waals surface area contributed by atoms with E-state index in [9.17, 15) is 18.0 Å². The third-order valence-corrected chi connectivity index (χ3v) is 4.99. The van der Waals surface area contributed by atoms with Gasteiger partial charge in [-0.15, -0.1) is 12.4 Å². The minimum Gasteiger partial charge on any atom is -0.454 e. The summed E-state index contributed by atoms with van der Waals surface area (Å²) in [6.45, 7) is 1.98. The van der Waals surface area contributed by atoms with Crippen LogP contribution in [0.5, 0.6) is 0 Å². The molecule has 0 aliphatic carbocycles. The number of carbonyl (C=O) groups excluding carboxylic acids is 1. The Bertz CT molecular complexity index is 923. The van der Waals surface area contributed by atoms with Gasteiger partial charge in [0.15, 0.2) is 18.5 Å². The Balaban J connectivity index is 0.00000385. The number of hydrogen-bond acceptors (Lipinski definition) is 6. The van der Waals surface area contributed by atoms with Crippen molar-refractivity contribution in [3.05, 3.63) is 65.5 Å². The lowest BCUT2D eigenvalue weighted by atomic mass is 10.1. The van der Waals surface area contributed by atoms with Gasteiger partial charge in [-0.1, -0.05) is 17.6 Å². The molecular formula is C22H26ClF3N4O3. The van der Waals surface area contributed by atoms with Crippen LogP contribution in [-0.2, 0) is 15.8 Å². The van der Waals surface area contributed by atoms with Crippen molar-refractivity contribution < 1.29 is 27.5 Å². The first-order chi connectivity index (χ1) is 15.3. The van der Waals surface area contributed by atoms with Gasteiger partial charge in [-0.05, 0) is 56.3 Å². The van der Waals surface area contributed by atoms with Gasteiger partial charge < -0.3 is 15.3 Å². The van der Waals surface area contributed by atoms with E-state index in [-0.39, 0.29) is 30.4 Å². The summed E-state index contributed by atoms with van der Waals surface area (Å²) in [4.78, 5) is 24.0. The summed E-state index contributed by atoms with van der Waals surface area (Å²) in [7, 11) is 0. The summed E-state index contributed by atoms with van der Waals surface area (Å²) in [5.74, 6) is -0.745. The van der Waals surface area contributed by atoms with Gasteiger partial charge in [0.05, 0.1) is 11.1 Å². The second kappa shape index (κ2) is 12.4. The number of benzene rings is 1. The van der Waals surface area contributed by atoms with Crippen LogP contribution >= 0.6 is 12.4 Å². The van der Waals surface area contributed by atoms with Gasteiger partial charge in [-0.2, -0.15) is 13.2 Å². The lowest BCUT2D eigenvalue weighted by molar-refractivity contribution is -0.137. The monoisotopic (exact) mass is 486 g/mol. The van der Waals surface area contributed by atoms with Gasteiger partial charge in [0.1, 0.15) is 0 Å². The smallest absolute Gasteiger partial charge is 0.416 e. The maximum Gasteiger partial charge on any atom is 0.416 e. The van der Waals surface area contributed by atoms with E-state index in [1.54, 1.807) is 18.3 Å². The zero-order valence-electron chi connectivity index (χ0n) is 17.8. The number of nitrogens with two attached hydrogens (primary N) is 1. The molecule has 0 amide bonds. The number of pyridine rings is 1. The van der Waals surface area contributed by atoms with Crippen molar-refractivity contribution in [3.8, 4) is 0 Å². The molecule has 33 heavy (non-hydrogen) atoms. The molecule has 0 bridgehead atoms. The average Bonchev–Trinajstić information content (AvgIpc) is 2.79. The number of amidine groups is 1. The number of nitrogens with zero attached hydrogens (tertiary/aromatic N) is 3. The Morgan fingerprint density at radius 3 is 2.55 bits per heavy atom. The van der Waals surface area contributed by atoms with Crippen LogP contribution in [0.2, 0.25) is 0 Å². The highest BCUT2D eigenvalue weighted by molar-refractivity contribution is 5.96. The Morgan fingerprint density at radius 2 is 1.88 bits per heavy atom. The second-order valence-corrected chi connectivity index (χ2v) is 7.48. The Hall–Kier alpha value is -2.85. The van der Waals surface area contributed by atoms with E-state index >= 15 is 0 Å². The standard InChI is InChI=1S/C22H25F3N4O3.ClH/c23-22(24,25)18-8-4-6-16(12-18)21(30)32-19(14-29-10-2-1-3-11-29)15-31-28-20(26)17-7-5-9-27-13-17;/h4-9,12-13,19H,1-3,10-11,14-15H2,(H2,26,28);1H. The number of ether oxygens (including phenoxy) is 1. The second-order valence-electron chi connectivity index (χ2n) is 7.48. The van der Waals surface area contributed by atoms with E-state index in [1.807, 2.05) is 0 Å². The topological polar surface area (TPSA) is 90.0 Å². The summed E-state index contributed by atoms with van der Waals surface area (Å²) in [6.07, 6.45) is 1.03. The molecule has 7 nitrogen and oxygen atoms in total. The van der Waals surface area contributed by atoms with Crippen molar-refractivity contribution in [2.45, 2.75) is 31.5 Å². The van der Waals surface area contributed by atoms with Gasteiger partial charge in [-0.3, -0.25) is 9.88 Å². The summed E-state index contributed by atoms with van der Waals surface area (Å²) >= 11 is 0. The van der Waals surface area contributed by atoms with E-state index in [0.717, 1.165) is 44.5 Å². The minimum absolute atomic E-state index is 0. The zero-order chi connectivity index (χ0) is 23.0. The van der Waals surface area contributed by atoms with Crippen molar-refractivity contribution in [2.75, 3.05) is 26.2 Å². The SMILES string of the molecule is Cl.N/C(=N\OCC(CN1CCCCC1)OC(=O)c1cccc(C(F)(F)F)c1)c1cccnc1. The first-order valence-electron chi connectivity index (χ1n) is 10.3. The molecule has 1 unspecified atom stereocenters. The lowest BCUT2D eigenvalue weighted by Crippen LogP contribution is -2.40. The fourth-order valence-electron chi connectivity index (χ4n) is 3.35. The molecule has 0 radical (unpaired) electrons. The Kier molecular flexibility index (Phi) is 9.93. The van der Waals surface area contributed by atoms with Gasteiger partial charge >= 0.3 is 12.1 Å². The van der Waals surface area contributed by atoms with Crippen LogP contribution < -0.4 is 5.73 Å². The molecule has 1 aliphatic rings. The van der Waals surface area contributed by atoms with Gasteiger partial charge in [0.2, 0.25) is 0 Å². The van der Waals surface area contributed by atoms with Crippen LogP contribution in [0.1, 0.15) is 40.7 Å². The predicted molar refractivity (Wildman–Crippen MR) is 119 cm³/mol. The van der Waals surface area contributed by atoms with Gasteiger partial charge in [0, 0.05) is 24.5 Å². The first kappa shape index (κ1) is 26.4. The number of piperidine rings is 1. The van der Waals surface area contributed by atoms with Crippen LogP contribution in [0.15, 0.2) is 53.9 Å². The van der Waals surface area contributed by atoms with Crippen LogP contribution in [0, 0.1) is 0 Å². The molecule has 3 rings (SSSR count). The van der Waals surface area contributed by atoms with E-state index in [0.29, 0.717) is 12.1 Å². The van der Waals surface area contributed by atoms with Crippen molar-refractivity contribution in [3.63, 3.8) is 0 Å². The highest BCUT2D eigenvalue weighted by Crippen LogP contribution is 2.29. The number of likely N-dealkylation sites (tertiary alicyclic amines) is 1. The fraction of sp³-hybridized carbons (Fsp3) is 0.409. The Labute approximate surface area is 196 Å². The molecule has 1 saturated heterocycles. The molecule has 180 valence electrons. The first-order valence-corrected chi connectivity index (χ1v) is 10.3. The van der Waals surface area contributed by atoms with Crippen molar-refractivity contribution in [1.29, 1.82) is 0 Å². The summed E-state index contributed by atoms with van der Waals surface area (Å²) < 4.78 is 44.4. The maximum atomic E-state index is 13.0. The highest BCUT2D eigenvalue weighted by atomic mass is 35.5. The summed E-state index contributed by atoms with van der Waals surface area (Å²) in [5, 5.41) is 3.85. The molecule has 2 aromatic rings. The summed E-state index contributed by atoms with van der Waals surface area (Å²) in [5.41, 5.74) is 5.35. The minimum atomic E-state index is -4.55. The number of oxime groups is 1. The van der Waals surface area contributed by atoms with Crippen molar-refractivity contribution in [1.82, 2.24) is 9.88 Å². The van der Waals surface area contributed by atoms with Crippen molar-refractivity contribution in [2.24, 2.45) is 10.9 Å². The highest BCUT2D eigenvalue weighted by Gasteiger charge is 2.31. The van der Waals surface area contributed by atoms with E-state index in [2.05, 4.69) is 15.0 Å². The maximum absolute atomic E-state index is 13.0. The van der Waals surface area contributed by atoms with Gasteiger partial charge in [-0.25, -0.2) is 4.79 Å². The third kappa shape index (κ3) is 8.21. The van der Waals surface area contributed by atoms with Crippen LogP contribution in [-0.4, -0.2) is 54.0 Å². The molecule has 0 saturated carbocycles. The summed E-state index contributed by atoms with van der Waals surface area (Å²) in [6, 6.07) is 7.56. The van der Waals surface area contributed by atoms with Crippen LogP contribution in [0.3, 0.4) is 0 Å². The molecular weight excluding hydrogens is 461 g/mol.